The van der Waals surface area contributed by atoms with E-state index in [2.05, 4.69) is 87.3 Å². The van der Waals surface area contributed by atoms with E-state index >= 15 is 0 Å². The van der Waals surface area contributed by atoms with Gasteiger partial charge in [0, 0.05) is 6.54 Å². The largest absolute Gasteiger partial charge is 0.445 e. The van der Waals surface area contributed by atoms with Gasteiger partial charge in [-0.3, -0.25) is 4.90 Å². The van der Waals surface area contributed by atoms with Gasteiger partial charge in [-0.15, -0.1) is 0 Å². The molecule has 2 aromatic rings. The summed E-state index contributed by atoms with van der Waals surface area (Å²) in [7, 11) is 0. The van der Waals surface area contributed by atoms with Gasteiger partial charge < -0.3 is 14.8 Å². The third-order valence-electron chi connectivity index (χ3n) is 7.96. The lowest BCUT2D eigenvalue weighted by Crippen LogP contribution is -2.53. The van der Waals surface area contributed by atoms with Crippen molar-refractivity contribution in [2.24, 2.45) is 11.3 Å². The number of nitrogens with one attached hydrogen (secondary N) is 1. The second-order valence-electron chi connectivity index (χ2n) is 12.3. The average molecular weight is 477 g/mol. The van der Waals surface area contributed by atoms with Crippen LogP contribution in [-0.2, 0) is 22.5 Å². The number of carbonyl (C=O) groups is 1. The van der Waals surface area contributed by atoms with Gasteiger partial charge in [-0.1, -0.05) is 56.3 Å². The molecular weight excluding hydrogens is 436 g/mol. The number of ether oxygens (including phenoxy) is 2. The first-order valence-corrected chi connectivity index (χ1v) is 13.1. The Morgan fingerprint density at radius 1 is 1.06 bits per heavy atom. The smallest absolute Gasteiger partial charge is 0.407 e. The second kappa shape index (κ2) is 9.25. The van der Waals surface area contributed by atoms with Gasteiger partial charge >= 0.3 is 6.09 Å². The Morgan fingerprint density at radius 3 is 2.37 bits per heavy atom. The van der Waals surface area contributed by atoms with Crippen molar-refractivity contribution in [3.63, 3.8) is 0 Å². The molecule has 0 radical (unpaired) electrons. The highest BCUT2D eigenvalue weighted by molar-refractivity contribution is 5.70. The maximum absolute atomic E-state index is 12.9. The normalized spacial score (nSPS) is 26.9. The van der Waals surface area contributed by atoms with Gasteiger partial charge in [0.05, 0.1) is 18.2 Å². The molecule has 3 fully saturated rings. The Morgan fingerprint density at radius 2 is 1.74 bits per heavy atom. The summed E-state index contributed by atoms with van der Waals surface area (Å²) in [5.74, 6) is 0.517. The first-order valence-electron chi connectivity index (χ1n) is 13.1. The minimum absolute atomic E-state index is 0.0284. The van der Waals surface area contributed by atoms with Crippen molar-refractivity contribution in [3.05, 3.63) is 59.2 Å². The van der Waals surface area contributed by atoms with Crippen LogP contribution in [0.2, 0.25) is 0 Å². The highest BCUT2D eigenvalue weighted by atomic mass is 16.6. The van der Waals surface area contributed by atoms with Crippen LogP contribution in [0.1, 0.15) is 70.2 Å². The Hall–Kier alpha value is -2.37. The lowest BCUT2D eigenvalue weighted by molar-refractivity contribution is -0.0349. The fourth-order valence-electron chi connectivity index (χ4n) is 5.93. The first kappa shape index (κ1) is 24.3. The van der Waals surface area contributed by atoms with E-state index in [1.165, 1.54) is 27.8 Å². The third kappa shape index (κ3) is 5.41. The van der Waals surface area contributed by atoms with E-state index in [4.69, 9.17) is 9.47 Å². The van der Waals surface area contributed by atoms with Gasteiger partial charge in [0.1, 0.15) is 6.10 Å². The molecule has 35 heavy (non-hydrogen) atoms. The van der Waals surface area contributed by atoms with Crippen LogP contribution in [0.5, 0.6) is 0 Å². The standard InChI is InChI=1S/C30H40N2O3/c1-29(2,3)34-19-20-6-8-21(9-7-20)23-10-11-25-24(16-23)17-30(4,5)27(25)31-28(33)35-26-18-32-14-12-22(26)13-15-32/h6-11,16,22,26-27H,12-15,17-19H2,1-5H3,(H,31,33)/t26-,27?/m0/s1. The van der Waals surface area contributed by atoms with Crippen molar-refractivity contribution >= 4 is 6.09 Å². The number of hydrogen-bond donors (Lipinski definition) is 1. The van der Waals surface area contributed by atoms with Gasteiger partial charge in [0.15, 0.2) is 0 Å². The lowest BCUT2D eigenvalue weighted by Gasteiger charge is -2.44. The van der Waals surface area contributed by atoms with Crippen LogP contribution < -0.4 is 5.32 Å². The fraction of sp³-hybridized carbons (Fsp3) is 0.567. The number of carbonyl (C=O) groups excluding carboxylic acids is 1. The molecule has 0 aromatic heterocycles. The quantitative estimate of drug-likeness (QED) is 0.565. The second-order valence-corrected chi connectivity index (χ2v) is 12.3. The van der Waals surface area contributed by atoms with Crippen LogP contribution in [0.25, 0.3) is 11.1 Å². The van der Waals surface area contributed by atoms with Crippen LogP contribution in [0, 0.1) is 11.3 Å². The maximum Gasteiger partial charge on any atom is 0.407 e. The fourth-order valence-corrected chi connectivity index (χ4v) is 5.93. The summed E-state index contributed by atoms with van der Waals surface area (Å²) in [6.45, 7) is 14.5. The Balaban J connectivity index is 1.26. The number of hydrogen-bond acceptors (Lipinski definition) is 4. The Labute approximate surface area is 210 Å². The van der Waals surface area contributed by atoms with Crippen molar-refractivity contribution < 1.29 is 14.3 Å². The van der Waals surface area contributed by atoms with Crippen molar-refractivity contribution in [1.82, 2.24) is 10.2 Å². The van der Waals surface area contributed by atoms with E-state index in [0.29, 0.717) is 12.5 Å². The van der Waals surface area contributed by atoms with Gasteiger partial charge in [-0.05, 0) is 92.3 Å². The molecular formula is C30H40N2O3. The zero-order valence-corrected chi connectivity index (χ0v) is 21.9. The van der Waals surface area contributed by atoms with Crippen molar-refractivity contribution in [3.8, 4) is 11.1 Å². The third-order valence-corrected chi connectivity index (χ3v) is 7.96. The monoisotopic (exact) mass is 476 g/mol. The zero-order valence-electron chi connectivity index (χ0n) is 21.9. The van der Waals surface area contributed by atoms with Gasteiger partial charge in [0.25, 0.3) is 0 Å². The SMILES string of the molecule is CC(C)(C)OCc1ccc(-c2ccc3c(c2)CC(C)(C)C3NC(=O)O[C@H]2CN3CCC2CC3)cc1. The zero-order chi connectivity index (χ0) is 24.8. The van der Waals surface area contributed by atoms with Gasteiger partial charge in [-0.2, -0.15) is 0 Å². The summed E-state index contributed by atoms with van der Waals surface area (Å²) < 4.78 is 11.8. The van der Waals surface area contributed by atoms with E-state index in [1.54, 1.807) is 0 Å². The van der Waals surface area contributed by atoms with E-state index in [1.807, 2.05) is 0 Å². The Kier molecular flexibility index (Phi) is 6.43. The molecule has 1 aliphatic carbocycles. The summed E-state index contributed by atoms with van der Waals surface area (Å²) in [6, 6.07) is 15.2. The molecule has 5 nitrogen and oxygen atoms in total. The van der Waals surface area contributed by atoms with Gasteiger partial charge in [0.2, 0.25) is 0 Å². The van der Waals surface area contributed by atoms with Crippen molar-refractivity contribution in [1.29, 1.82) is 0 Å². The topological polar surface area (TPSA) is 50.8 Å². The highest BCUT2D eigenvalue weighted by Gasteiger charge is 2.42. The summed E-state index contributed by atoms with van der Waals surface area (Å²) in [4.78, 5) is 15.3. The van der Waals surface area contributed by atoms with E-state index in [-0.39, 0.29) is 29.3 Å². The molecule has 1 amide bonds. The Bertz CT molecular complexity index is 1060. The average Bonchev–Trinajstić information content (AvgIpc) is 3.07. The number of alkyl carbamates (subject to hydrolysis) is 1. The molecule has 2 atom stereocenters. The molecule has 188 valence electrons. The number of fused-ring (bicyclic) bond motifs is 4. The van der Waals surface area contributed by atoms with Gasteiger partial charge in [-0.25, -0.2) is 4.79 Å². The van der Waals surface area contributed by atoms with Crippen LogP contribution in [-0.4, -0.2) is 42.3 Å². The number of nitrogens with zero attached hydrogens (tertiary/aromatic N) is 1. The molecule has 6 rings (SSSR count). The number of rotatable bonds is 5. The van der Waals surface area contributed by atoms with Crippen molar-refractivity contribution in [2.75, 3.05) is 19.6 Å². The summed E-state index contributed by atoms with van der Waals surface area (Å²) >= 11 is 0. The first-order chi connectivity index (χ1) is 16.6. The molecule has 5 heteroatoms. The molecule has 0 saturated carbocycles. The molecule has 2 aromatic carbocycles. The van der Waals surface area contributed by atoms with E-state index in [9.17, 15) is 4.79 Å². The summed E-state index contributed by atoms with van der Waals surface area (Å²) in [6.07, 6.45) is 2.97. The van der Waals surface area contributed by atoms with Crippen LogP contribution in [0.4, 0.5) is 4.79 Å². The molecule has 3 heterocycles. The molecule has 3 saturated heterocycles. The molecule has 2 bridgehead atoms. The molecule has 4 aliphatic rings. The molecule has 3 aliphatic heterocycles. The van der Waals surface area contributed by atoms with Crippen LogP contribution >= 0.6 is 0 Å². The van der Waals surface area contributed by atoms with Crippen LogP contribution in [0.3, 0.4) is 0 Å². The van der Waals surface area contributed by atoms with E-state index in [0.717, 1.165) is 38.9 Å². The molecule has 0 spiro atoms. The minimum Gasteiger partial charge on any atom is -0.445 e. The highest BCUT2D eigenvalue weighted by Crippen LogP contribution is 2.46. The molecule has 1 N–H and O–H groups in total. The van der Waals surface area contributed by atoms with Crippen LogP contribution in [0.15, 0.2) is 42.5 Å². The predicted octanol–water partition coefficient (Wildman–Crippen LogP) is 6.11. The molecule has 1 unspecified atom stereocenters. The lowest BCUT2D eigenvalue weighted by atomic mass is 9.85. The minimum atomic E-state index is -0.271. The predicted molar refractivity (Wildman–Crippen MR) is 139 cm³/mol. The van der Waals surface area contributed by atoms with E-state index < -0.39 is 0 Å². The summed E-state index contributed by atoms with van der Waals surface area (Å²) in [5.41, 5.74) is 5.89. The summed E-state index contributed by atoms with van der Waals surface area (Å²) in [5, 5.41) is 3.23. The number of piperidine rings is 3. The van der Waals surface area contributed by atoms with Crippen molar-refractivity contribution in [2.45, 2.75) is 78.2 Å². The number of benzene rings is 2. The number of amides is 1. The maximum atomic E-state index is 12.9.